The van der Waals surface area contributed by atoms with E-state index in [2.05, 4.69) is 10.6 Å². The van der Waals surface area contributed by atoms with Gasteiger partial charge in [0, 0.05) is 17.6 Å². The minimum Gasteiger partial charge on any atom is -0.347 e. The highest BCUT2D eigenvalue weighted by atomic mass is 35.5. The molecule has 0 aromatic heterocycles. The number of carbonyl (C=O) groups excluding carboxylic acids is 2. The highest BCUT2D eigenvalue weighted by Crippen LogP contribution is 2.19. The molecule has 5 heteroatoms. The summed E-state index contributed by atoms with van der Waals surface area (Å²) in [4.78, 5) is 21.9. The van der Waals surface area contributed by atoms with E-state index in [4.69, 9.17) is 11.6 Å². The predicted molar refractivity (Wildman–Crippen MR) is 63.5 cm³/mol. The molecule has 1 aromatic carbocycles. The number of halogens is 1. The molecule has 1 rings (SSSR count). The van der Waals surface area contributed by atoms with E-state index in [9.17, 15) is 9.59 Å². The Bertz CT molecular complexity index is 418. The lowest BCUT2D eigenvalue weighted by Gasteiger charge is -2.06. The zero-order valence-electron chi connectivity index (χ0n) is 9.13. The summed E-state index contributed by atoms with van der Waals surface area (Å²) in [6.07, 6.45) is 0. The Labute approximate surface area is 99.0 Å². The third-order valence-corrected chi connectivity index (χ3v) is 2.36. The fourth-order valence-corrected chi connectivity index (χ4v) is 1.26. The first-order valence-electron chi connectivity index (χ1n) is 4.79. The van der Waals surface area contributed by atoms with E-state index in [-0.39, 0.29) is 18.4 Å². The second kappa shape index (κ2) is 5.51. The van der Waals surface area contributed by atoms with Gasteiger partial charge in [0.15, 0.2) is 0 Å². The van der Waals surface area contributed by atoms with Crippen LogP contribution in [0.1, 0.15) is 12.5 Å². The number of anilines is 1. The van der Waals surface area contributed by atoms with Crippen molar-refractivity contribution in [3.63, 3.8) is 0 Å². The Morgan fingerprint density at radius 1 is 1.38 bits per heavy atom. The van der Waals surface area contributed by atoms with Crippen LogP contribution < -0.4 is 10.6 Å². The Balaban J connectivity index is 2.56. The van der Waals surface area contributed by atoms with Crippen molar-refractivity contribution in [3.05, 3.63) is 28.8 Å². The lowest BCUT2D eigenvalue weighted by atomic mass is 10.2. The zero-order chi connectivity index (χ0) is 12.1. The number of aryl methyl sites for hydroxylation is 1. The van der Waals surface area contributed by atoms with Gasteiger partial charge >= 0.3 is 0 Å². The van der Waals surface area contributed by atoms with Crippen molar-refractivity contribution in [2.45, 2.75) is 13.8 Å². The van der Waals surface area contributed by atoms with E-state index in [0.29, 0.717) is 10.7 Å². The molecular formula is C11H13ClN2O2. The molecule has 0 saturated carbocycles. The number of benzene rings is 1. The van der Waals surface area contributed by atoms with Crippen molar-refractivity contribution in [1.82, 2.24) is 5.32 Å². The fourth-order valence-electron chi connectivity index (χ4n) is 1.08. The van der Waals surface area contributed by atoms with Crippen LogP contribution in [-0.2, 0) is 9.59 Å². The van der Waals surface area contributed by atoms with Crippen LogP contribution in [0.25, 0.3) is 0 Å². The molecule has 0 aliphatic heterocycles. The molecule has 0 fully saturated rings. The van der Waals surface area contributed by atoms with Gasteiger partial charge in [-0.1, -0.05) is 17.7 Å². The Hall–Kier alpha value is -1.55. The normalized spacial score (nSPS) is 9.69. The first kappa shape index (κ1) is 12.5. The van der Waals surface area contributed by atoms with E-state index in [1.165, 1.54) is 6.92 Å². The average Bonchev–Trinajstić information content (AvgIpc) is 2.21. The summed E-state index contributed by atoms with van der Waals surface area (Å²) in [6, 6.07) is 5.24. The summed E-state index contributed by atoms with van der Waals surface area (Å²) in [7, 11) is 0. The number of carbonyl (C=O) groups is 2. The first-order chi connectivity index (χ1) is 7.49. The van der Waals surface area contributed by atoms with Gasteiger partial charge in [-0.3, -0.25) is 9.59 Å². The topological polar surface area (TPSA) is 58.2 Å². The second-order valence-electron chi connectivity index (χ2n) is 3.42. The quantitative estimate of drug-likeness (QED) is 0.845. The van der Waals surface area contributed by atoms with E-state index in [1.54, 1.807) is 12.1 Å². The molecule has 0 unspecified atom stereocenters. The molecule has 0 aliphatic carbocycles. The van der Waals surface area contributed by atoms with Crippen LogP contribution in [0.5, 0.6) is 0 Å². The van der Waals surface area contributed by atoms with Gasteiger partial charge in [-0.15, -0.1) is 0 Å². The number of hydrogen-bond acceptors (Lipinski definition) is 2. The number of hydrogen-bond donors (Lipinski definition) is 2. The molecular weight excluding hydrogens is 228 g/mol. The van der Waals surface area contributed by atoms with Crippen LogP contribution in [0.15, 0.2) is 18.2 Å². The molecule has 0 saturated heterocycles. The van der Waals surface area contributed by atoms with Crippen LogP contribution in [0.4, 0.5) is 5.69 Å². The molecule has 86 valence electrons. The third-order valence-electron chi connectivity index (χ3n) is 1.95. The van der Waals surface area contributed by atoms with Gasteiger partial charge in [0.2, 0.25) is 11.8 Å². The zero-order valence-corrected chi connectivity index (χ0v) is 9.89. The number of amides is 2. The molecule has 16 heavy (non-hydrogen) atoms. The monoisotopic (exact) mass is 240 g/mol. The highest BCUT2D eigenvalue weighted by molar-refractivity contribution is 6.31. The second-order valence-corrected chi connectivity index (χ2v) is 3.83. The maximum absolute atomic E-state index is 11.3. The van der Waals surface area contributed by atoms with Crippen LogP contribution in [0, 0.1) is 6.92 Å². The van der Waals surface area contributed by atoms with Crippen LogP contribution in [0.2, 0.25) is 5.02 Å². The third kappa shape index (κ3) is 3.90. The predicted octanol–water partition coefficient (Wildman–Crippen LogP) is 1.72. The fraction of sp³-hybridized carbons (Fsp3) is 0.273. The largest absolute Gasteiger partial charge is 0.347 e. The van der Waals surface area contributed by atoms with Crippen molar-refractivity contribution in [3.8, 4) is 0 Å². The number of rotatable bonds is 3. The minimum atomic E-state index is -0.282. The van der Waals surface area contributed by atoms with E-state index >= 15 is 0 Å². The van der Waals surface area contributed by atoms with Gasteiger partial charge in [0.1, 0.15) is 0 Å². The molecule has 2 amide bonds. The Kier molecular flexibility index (Phi) is 4.31. The summed E-state index contributed by atoms with van der Waals surface area (Å²) >= 11 is 5.90. The maximum atomic E-state index is 11.3. The molecule has 0 heterocycles. The van der Waals surface area contributed by atoms with Crippen molar-refractivity contribution in [1.29, 1.82) is 0 Å². The van der Waals surface area contributed by atoms with Crippen molar-refractivity contribution in [2.24, 2.45) is 0 Å². The van der Waals surface area contributed by atoms with Crippen molar-refractivity contribution >= 4 is 29.1 Å². The lowest BCUT2D eigenvalue weighted by molar-refractivity contribution is -0.122. The van der Waals surface area contributed by atoms with Gasteiger partial charge in [0.25, 0.3) is 0 Å². The van der Waals surface area contributed by atoms with Crippen LogP contribution in [-0.4, -0.2) is 18.4 Å². The summed E-state index contributed by atoms with van der Waals surface area (Å²) in [5.74, 6) is -0.521. The molecule has 0 spiro atoms. The van der Waals surface area contributed by atoms with E-state index < -0.39 is 0 Å². The molecule has 0 atom stereocenters. The van der Waals surface area contributed by atoms with E-state index in [1.807, 2.05) is 13.0 Å². The van der Waals surface area contributed by atoms with Crippen molar-refractivity contribution < 1.29 is 9.59 Å². The molecule has 0 bridgehead atoms. The van der Waals surface area contributed by atoms with Gasteiger partial charge in [-0.2, -0.15) is 0 Å². The Morgan fingerprint density at radius 3 is 2.62 bits per heavy atom. The van der Waals surface area contributed by atoms with Gasteiger partial charge in [-0.25, -0.2) is 0 Å². The Morgan fingerprint density at radius 2 is 2.06 bits per heavy atom. The SMILES string of the molecule is CC(=O)NCC(=O)Nc1ccc(C)c(Cl)c1. The van der Waals surface area contributed by atoms with Gasteiger partial charge in [0.05, 0.1) is 6.54 Å². The number of nitrogens with one attached hydrogen (secondary N) is 2. The molecule has 4 nitrogen and oxygen atoms in total. The highest BCUT2D eigenvalue weighted by Gasteiger charge is 2.04. The lowest BCUT2D eigenvalue weighted by Crippen LogP contribution is -2.31. The summed E-state index contributed by atoms with van der Waals surface area (Å²) in [5, 5.41) is 5.63. The molecule has 2 N–H and O–H groups in total. The summed E-state index contributed by atoms with van der Waals surface area (Å²) in [6.45, 7) is 3.20. The van der Waals surface area contributed by atoms with Crippen LogP contribution in [0.3, 0.4) is 0 Å². The molecule has 0 radical (unpaired) electrons. The summed E-state index contributed by atoms with van der Waals surface area (Å²) in [5.41, 5.74) is 1.56. The molecule has 0 aliphatic rings. The van der Waals surface area contributed by atoms with E-state index in [0.717, 1.165) is 5.56 Å². The molecule has 1 aromatic rings. The van der Waals surface area contributed by atoms with Crippen LogP contribution >= 0.6 is 11.6 Å². The van der Waals surface area contributed by atoms with Crippen molar-refractivity contribution in [2.75, 3.05) is 11.9 Å². The standard InChI is InChI=1S/C11H13ClN2O2/c1-7-3-4-9(5-10(7)12)14-11(16)6-13-8(2)15/h3-5H,6H2,1-2H3,(H,13,15)(H,14,16). The average molecular weight is 241 g/mol. The smallest absolute Gasteiger partial charge is 0.243 e. The first-order valence-corrected chi connectivity index (χ1v) is 5.17. The maximum Gasteiger partial charge on any atom is 0.243 e. The minimum absolute atomic E-state index is 0.0408. The summed E-state index contributed by atoms with van der Waals surface area (Å²) < 4.78 is 0. The van der Waals surface area contributed by atoms with Gasteiger partial charge in [-0.05, 0) is 24.6 Å². The van der Waals surface area contributed by atoms with Gasteiger partial charge < -0.3 is 10.6 Å².